The van der Waals surface area contributed by atoms with Gasteiger partial charge in [-0.05, 0) is 18.1 Å². The molecule has 6 nitrogen and oxygen atoms in total. The minimum absolute atomic E-state index is 0. The lowest BCUT2D eigenvalue weighted by Gasteiger charge is -2.36. The van der Waals surface area contributed by atoms with Crippen LogP contribution in [-0.4, -0.2) is 41.8 Å². The molecule has 1 saturated heterocycles. The van der Waals surface area contributed by atoms with E-state index in [0.29, 0.717) is 18.3 Å². The summed E-state index contributed by atoms with van der Waals surface area (Å²) in [4.78, 5) is 7.00. The first-order chi connectivity index (χ1) is 13.8. The first-order valence-electron chi connectivity index (χ1n) is 9.78. The molecule has 1 aromatic heterocycles. The fourth-order valence-electron chi connectivity index (χ4n) is 3.68. The van der Waals surface area contributed by atoms with E-state index in [2.05, 4.69) is 63.7 Å². The lowest BCUT2D eigenvalue weighted by atomic mass is 10.0. The summed E-state index contributed by atoms with van der Waals surface area (Å²) >= 11 is 0. The average molecular weight is 415 g/mol. The first-order valence-corrected chi connectivity index (χ1v) is 9.78. The molecule has 154 valence electrons. The second kappa shape index (κ2) is 9.87. The second-order valence-corrected chi connectivity index (χ2v) is 6.99. The van der Waals surface area contributed by atoms with Gasteiger partial charge < -0.3 is 14.6 Å². The lowest BCUT2D eigenvalue weighted by Crippen LogP contribution is -2.45. The minimum atomic E-state index is 0. The molecule has 3 aromatic rings. The molecule has 0 saturated carbocycles. The van der Waals surface area contributed by atoms with Crippen molar-refractivity contribution in [1.82, 2.24) is 20.4 Å². The molecule has 1 aliphatic heterocycles. The van der Waals surface area contributed by atoms with E-state index in [1.165, 1.54) is 11.1 Å². The highest BCUT2D eigenvalue weighted by molar-refractivity contribution is 5.85. The van der Waals surface area contributed by atoms with Crippen molar-refractivity contribution in [2.75, 3.05) is 26.7 Å². The summed E-state index contributed by atoms with van der Waals surface area (Å²) in [6, 6.07) is 16.7. The van der Waals surface area contributed by atoms with Gasteiger partial charge in [0.05, 0.1) is 19.7 Å². The Morgan fingerprint density at radius 1 is 1.17 bits per heavy atom. The van der Waals surface area contributed by atoms with Crippen LogP contribution in [0, 0.1) is 0 Å². The van der Waals surface area contributed by atoms with Gasteiger partial charge in [0.1, 0.15) is 5.75 Å². The van der Waals surface area contributed by atoms with Crippen molar-refractivity contribution < 1.29 is 9.26 Å². The van der Waals surface area contributed by atoms with Gasteiger partial charge >= 0.3 is 0 Å². The van der Waals surface area contributed by atoms with Crippen LogP contribution >= 0.6 is 12.4 Å². The normalized spacial score (nSPS) is 17.0. The molecule has 0 amide bonds. The number of nitrogens with zero attached hydrogens (tertiary/aromatic N) is 3. The SMILES string of the molecule is CCc1ccc(-c2noc(CN3CCNCC3c3ccccc3OC)n2)cc1.Cl. The molecule has 4 rings (SSSR count). The summed E-state index contributed by atoms with van der Waals surface area (Å²) in [7, 11) is 1.72. The Labute approximate surface area is 177 Å². The number of hydrogen-bond donors (Lipinski definition) is 1. The van der Waals surface area contributed by atoms with E-state index in [1.54, 1.807) is 7.11 Å². The molecule has 29 heavy (non-hydrogen) atoms. The number of ether oxygens (including phenoxy) is 1. The van der Waals surface area contributed by atoms with E-state index in [9.17, 15) is 0 Å². The number of hydrogen-bond acceptors (Lipinski definition) is 6. The third-order valence-corrected chi connectivity index (χ3v) is 5.28. The molecule has 7 heteroatoms. The Bertz CT molecular complexity index is 913. The van der Waals surface area contributed by atoms with E-state index in [0.717, 1.165) is 37.4 Å². The second-order valence-electron chi connectivity index (χ2n) is 6.99. The zero-order valence-corrected chi connectivity index (χ0v) is 17.6. The van der Waals surface area contributed by atoms with Gasteiger partial charge in [0.25, 0.3) is 0 Å². The zero-order valence-electron chi connectivity index (χ0n) is 16.8. The third kappa shape index (κ3) is 4.78. The van der Waals surface area contributed by atoms with Crippen molar-refractivity contribution in [2.45, 2.75) is 25.9 Å². The van der Waals surface area contributed by atoms with Gasteiger partial charge in [0, 0.05) is 30.8 Å². The molecule has 0 aliphatic carbocycles. The van der Waals surface area contributed by atoms with E-state index in [1.807, 2.05) is 12.1 Å². The van der Waals surface area contributed by atoms with E-state index in [4.69, 9.17) is 9.26 Å². The maximum absolute atomic E-state index is 5.57. The molecule has 0 bridgehead atoms. The van der Waals surface area contributed by atoms with Crippen LogP contribution in [0.5, 0.6) is 5.75 Å². The molecule has 0 spiro atoms. The Hall–Kier alpha value is -2.41. The van der Waals surface area contributed by atoms with Gasteiger partial charge in [-0.2, -0.15) is 4.98 Å². The third-order valence-electron chi connectivity index (χ3n) is 5.28. The van der Waals surface area contributed by atoms with Gasteiger partial charge in [0.15, 0.2) is 0 Å². The maximum Gasteiger partial charge on any atom is 0.241 e. The molecular weight excluding hydrogens is 388 g/mol. The highest BCUT2D eigenvalue weighted by atomic mass is 35.5. The predicted octanol–water partition coefficient (Wildman–Crippen LogP) is 3.88. The maximum atomic E-state index is 5.57. The van der Waals surface area contributed by atoms with Crippen LogP contribution in [0.4, 0.5) is 0 Å². The number of para-hydroxylation sites is 1. The largest absolute Gasteiger partial charge is 0.496 e. The van der Waals surface area contributed by atoms with E-state index >= 15 is 0 Å². The van der Waals surface area contributed by atoms with Crippen LogP contribution in [-0.2, 0) is 13.0 Å². The summed E-state index contributed by atoms with van der Waals surface area (Å²) in [6.45, 7) is 5.47. The molecule has 0 radical (unpaired) electrons. The van der Waals surface area contributed by atoms with Crippen LogP contribution < -0.4 is 10.1 Å². The summed E-state index contributed by atoms with van der Waals surface area (Å²) in [5.41, 5.74) is 3.45. The van der Waals surface area contributed by atoms with Gasteiger partial charge in [-0.1, -0.05) is 54.5 Å². The number of rotatable bonds is 6. The smallest absolute Gasteiger partial charge is 0.241 e. The number of benzene rings is 2. The summed E-state index contributed by atoms with van der Waals surface area (Å²) in [5.74, 6) is 2.18. The molecule has 2 heterocycles. The fraction of sp³-hybridized carbons (Fsp3) is 0.364. The topological polar surface area (TPSA) is 63.4 Å². The molecule has 1 N–H and O–H groups in total. The Kier molecular flexibility index (Phi) is 7.25. The average Bonchev–Trinajstić information content (AvgIpc) is 3.23. The van der Waals surface area contributed by atoms with Gasteiger partial charge in [-0.15, -0.1) is 12.4 Å². The Morgan fingerprint density at radius 3 is 2.72 bits per heavy atom. The summed E-state index contributed by atoms with van der Waals surface area (Å²) in [5, 5.41) is 7.66. The molecule has 1 fully saturated rings. The first kappa shape index (κ1) is 21.3. The van der Waals surface area contributed by atoms with Crippen molar-refractivity contribution in [2.24, 2.45) is 0 Å². The number of aromatic nitrogens is 2. The molecule has 1 atom stereocenters. The van der Waals surface area contributed by atoms with Crippen molar-refractivity contribution in [3.8, 4) is 17.1 Å². The fourth-order valence-corrected chi connectivity index (χ4v) is 3.68. The number of piperazine rings is 1. The quantitative estimate of drug-likeness (QED) is 0.660. The van der Waals surface area contributed by atoms with Crippen molar-refractivity contribution in [1.29, 1.82) is 0 Å². The molecule has 2 aromatic carbocycles. The van der Waals surface area contributed by atoms with Crippen LogP contribution in [0.2, 0.25) is 0 Å². The Balaban J connectivity index is 0.00000240. The predicted molar refractivity (Wildman–Crippen MR) is 115 cm³/mol. The molecule has 1 unspecified atom stereocenters. The standard InChI is InChI=1S/C22H26N4O2.ClH/c1-3-16-8-10-17(11-9-16)22-24-21(28-25-22)15-26-13-12-23-14-19(26)18-6-4-5-7-20(18)27-2;/h4-11,19,23H,3,12-15H2,1-2H3;1H. The van der Waals surface area contributed by atoms with E-state index < -0.39 is 0 Å². The number of methoxy groups -OCH3 is 1. The van der Waals surface area contributed by atoms with Crippen LogP contribution in [0.3, 0.4) is 0 Å². The summed E-state index contributed by atoms with van der Waals surface area (Å²) < 4.78 is 11.1. The van der Waals surface area contributed by atoms with Crippen molar-refractivity contribution in [3.63, 3.8) is 0 Å². The van der Waals surface area contributed by atoms with Crippen LogP contribution in [0.25, 0.3) is 11.4 Å². The number of nitrogens with one attached hydrogen (secondary N) is 1. The van der Waals surface area contributed by atoms with Crippen LogP contribution in [0.15, 0.2) is 53.1 Å². The van der Waals surface area contributed by atoms with Gasteiger partial charge in [-0.25, -0.2) is 0 Å². The van der Waals surface area contributed by atoms with E-state index in [-0.39, 0.29) is 18.4 Å². The number of aryl methyl sites for hydroxylation is 1. The minimum Gasteiger partial charge on any atom is -0.496 e. The van der Waals surface area contributed by atoms with Crippen molar-refractivity contribution in [3.05, 3.63) is 65.5 Å². The zero-order chi connectivity index (χ0) is 19.3. The van der Waals surface area contributed by atoms with Crippen LogP contribution in [0.1, 0.15) is 30.0 Å². The monoisotopic (exact) mass is 414 g/mol. The highest BCUT2D eigenvalue weighted by Gasteiger charge is 2.27. The van der Waals surface area contributed by atoms with Crippen molar-refractivity contribution >= 4 is 12.4 Å². The summed E-state index contributed by atoms with van der Waals surface area (Å²) in [6.07, 6.45) is 1.02. The molecule has 1 aliphatic rings. The lowest BCUT2D eigenvalue weighted by molar-refractivity contribution is 0.133. The Morgan fingerprint density at radius 2 is 1.97 bits per heavy atom. The molecular formula is C22H27ClN4O2. The highest BCUT2D eigenvalue weighted by Crippen LogP contribution is 2.31. The number of halogens is 1. The van der Waals surface area contributed by atoms with Gasteiger partial charge in [-0.3, -0.25) is 4.90 Å². The van der Waals surface area contributed by atoms with Gasteiger partial charge in [0.2, 0.25) is 11.7 Å².